The number of benzene rings is 1. The number of H-pyrrole nitrogens is 1. The molecular weight excluding hydrogens is 326 g/mol. The Balaban J connectivity index is 1.58. The first-order valence-electron chi connectivity index (χ1n) is 9.11. The van der Waals surface area contributed by atoms with Crippen LogP contribution in [-0.2, 0) is 0 Å². The number of fused-ring (bicyclic) bond motifs is 1. The van der Waals surface area contributed by atoms with Gasteiger partial charge in [-0.2, -0.15) is 0 Å². The highest BCUT2D eigenvalue weighted by molar-refractivity contribution is 6.05. The molecule has 0 atom stereocenters. The van der Waals surface area contributed by atoms with E-state index in [-0.39, 0.29) is 5.91 Å². The lowest BCUT2D eigenvalue weighted by molar-refractivity contribution is 0.102. The monoisotopic (exact) mass is 349 g/mol. The molecule has 1 aliphatic rings. The van der Waals surface area contributed by atoms with Crippen LogP contribution in [0.25, 0.3) is 16.5 Å². The molecule has 0 aliphatic carbocycles. The van der Waals surface area contributed by atoms with Crippen molar-refractivity contribution in [3.05, 3.63) is 60.2 Å². The van der Waals surface area contributed by atoms with Crippen LogP contribution in [0.4, 0.5) is 5.69 Å². The van der Waals surface area contributed by atoms with E-state index in [1.165, 1.54) is 30.1 Å². The second-order valence-corrected chi connectivity index (χ2v) is 6.71. The van der Waals surface area contributed by atoms with E-state index in [1.807, 2.05) is 18.2 Å². The van der Waals surface area contributed by atoms with Crippen LogP contribution < -0.4 is 5.32 Å². The number of hydrogen-bond donors (Lipinski definition) is 2. The Morgan fingerprint density at radius 1 is 1.35 bits per heavy atom. The van der Waals surface area contributed by atoms with Crippen molar-refractivity contribution in [1.82, 2.24) is 9.88 Å². The lowest BCUT2D eigenvalue weighted by atomic mass is 9.98. The molecule has 1 aliphatic heterocycles. The Kier molecular flexibility index (Phi) is 4.63. The minimum absolute atomic E-state index is 0.165. The normalized spacial score (nSPS) is 15.2. The number of amides is 1. The van der Waals surface area contributed by atoms with Crippen LogP contribution >= 0.6 is 0 Å². The van der Waals surface area contributed by atoms with Crippen molar-refractivity contribution >= 4 is 28.1 Å². The molecule has 26 heavy (non-hydrogen) atoms. The van der Waals surface area contributed by atoms with Crippen LogP contribution in [0.3, 0.4) is 0 Å². The van der Waals surface area contributed by atoms with E-state index in [1.54, 1.807) is 6.07 Å². The molecule has 0 spiro atoms. The van der Waals surface area contributed by atoms with Crippen LogP contribution in [0, 0.1) is 0 Å². The van der Waals surface area contributed by atoms with E-state index in [0.717, 1.165) is 42.6 Å². The van der Waals surface area contributed by atoms with Crippen LogP contribution in [0.2, 0.25) is 0 Å². The third kappa shape index (κ3) is 3.30. The Bertz CT molecular complexity index is 937. The van der Waals surface area contributed by atoms with E-state index < -0.39 is 0 Å². The number of hydrogen-bond acceptors (Lipinski definition) is 3. The van der Waals surface area contributed by atoms with E-state index in [2.05, 4.69) is 34.4 Å². The maximum atomic E-state index is 12.2. The fourth-order valence-corrected chi connectivity index (χ4v) is 3.54. The lowest BCUT2D eigenvalue weighted by Gasteiger charge is -2.25. The highest BCUT2D eigenvalue weighted by Crippen LogP contribution is 2.31. The molecule has 1 aromatic carbocycles. The molecule has 4 rings (SSSR count). The topological polar surface area (TPSA) is 61.3 Å². The molecule has 3 aromatic rings. The van der Waals surface area contributed by atoms with Gasteiger partial charge in [-0.15, -0.1) is 0 Å². The molecule has 134 valence electrons. The molecule has 5 nitrogen and oxygen atoms in total. The zero-order valence-corrected chi connectivity index (χ0v) is 14.9. The predicted octanol–water partition coefficient (Wildman–Crippen LogP) is 4.51. The first-order valence-corrected chi connectivity index (χ1v) is 9.11. The summed E-state index contributed by atoms with van der Waals surface area (Å²) in [4.78, 5) is 18.1. The number of anilines is 1. The summed E-state index contributed by atoms with van der Waals surface area (Å²) in [5.41, 5.74) is 5.00. The Labute approximate surface area is 152 Å². The van der Waals surface area contributed by atoms with E-state index in [9.17, 15) is 4.79 Å². The van der Waals surface area contributed by atoms with Gasteiger partial charge in [0.25, 0.3) is 5.91 Å². The molecular formula is C21H23N3O2. The van der Waals surface area contributed by atoms with Gasteiger partial charge in [-0.05, 0) is 49.2 Å². The highest BCUT2D eigenvalue weighted by Gasteiger charge is 2.16. The number of carbonyl (C=O) groups excluding carboxylic acids is 1. The largest absolute Gasteiger partial charge is 0.472 e. The summed E-state index contributed by atoms with van der Waals surface area (Å²) in [6.45, 7) is 5.48. The first-order chi connectivity index (χ1) is 12.7. The maximum Gasteiger partial charge on any atom is 0.258 e. The molecule has 1 amide bonds. The third-order valence-electron chi connectivity index (χ3n) is 4.90. The van der Waals surface area contributed by atoms with Gasteiger partial charge in [-0.25, -0.2) is 0 Å². The number of aromatic nitrogens is 1. The zero-order valence-electron chi connectivity index (χ0n) is 14.9. The fraction of sp³-hybridized carbons (Fsp3) is 0.286. The number of carbonyl (C=O) groups is 1. The maximum absolute atomic E-state index is 12.2. The summed E-state index contributed by atoms with van der Waals surface area (Å²) in [5, 5.41) is 4.08. The Morgan fingerprint density at radius 3 is 3.00 bits per heavy atom. The number of rotatable bonds is 5. The van der Waals surface area contributed by atoms with Gasteiger partial charge in [-0.1, -0.05) is 13.0 Å². The van der Waals surface area contributed by atoms with Crippen molar-refractivity contribution in [2.75, 3.05) is 25.0 Å². The van der Waals surface area contributed by atoms with E-state index in [0.29, 0.717) is 5.56 Å². The molecule has 0 radical (unpaired) electrons. The second kappa shape index (κ2) is 7.22. The summed E-state index contributed by atoms with van der Waals surface area (Å²) >= 11 is 0. The molecule has 3 heterocycles. The minimum Gasteiger partial charge on any atom is -0.472 e. The molecule has 0 saturated carbocycles. The molecule has 5 heteroatoms. The van der Waals surface area contributed by atoms with Crippen LogP contribution in [-0.4, -0.2) is 35.4 Å². The predicted molar refractivity (Wildman–Crippen MR) is 104 cm³/mol. The van der Waals surface area contributed by atoms with Crippen molar-refractivity contribution in [3.8, 4) is 0 Å². The Hall–Kier alpha value is -2.79. The summed E-state index contributed by atoms with van der Waals surface area (Å²) in [6.07, 6.45) is 9.60. The van der Waals surface area contributed by atoms with Crippen molar-refractivity contribution in [1.29, 1.82) is 0 Å². The van der Waals surface area contributed by atoms with Gasteiger partial charge >= 0.3 is 0 Å². The van der Waals surface area contributed by atoms with Crippen molar-refractivity contribution < 1.29 is 9.21 Å². The number of aromatic amines is 1. The molecule has 0 fully saturated rings. The van der Waals surface area contributed by atoms with Crippen molar-refractivity contribution in [3.63, 3.8) is 0 Å². The van der Waals surface area contributed by atoms with Gasteiger partial charge < -0.3 is 14.7 Å². The second-order valence-electron chi connectivity index (χ2n) is 6.71. The zero-order chi connectivity index (χ0) is 17.9. The molecule has 0 bridgehead atoms. The molecule has 2 N–H and O–H groups in total. The van der Waals surface area contributed by atoms with Gasteiger partial charge in [0.15, 0.2) is 0 Å². The van der Waals surface area contributed by atoms with Gasteiger partial charge in [-0.3, -0.25) is 9.69 Å². The molecule has 0 saturated heterocycles. The summed E-state index contributed by atoms with van der Waals surface area (Å²) in [6, 6.07) is 7.62. The smallest absolute Gasteiger partial charge is 0.258 e. The molecule has 0 unspecified atom stereocenters. The summed E-state index contributed by atoms with van der Waals surface area (Å²) < 4.78 is 4.98. The lowest BCUT2D eigenvalue weighted by Crippen LogP contribution is -2.29. The van der Waals surface area contributed by atoms with Gasteiger partial charge in [0, 0.05) is 41.4 Å². The van der Waals surface area contributed by atoms with Crippen molar-refractivity contribution in [2.24, 2.45) is 0 Å². The SMILES string of the molecule is CCCN1CC=C(c2c[nH]c3ccc(NC(=O)c4ccoc4)cc23)CC1. The van der Waals surface area contributed by atoms with Gasteiger partial charge in [0.05, 0.1) is 11.8 Å². The fourth-order valence-electron chi connectivity index (χ4n) is 3.54. The van der Waals surface area contributed by atoms with E-state index in [4.69, 9.17) is 4.42 Å². The average molecular weight is 349 g/mol. The van der Waals surface area contributed by atoms with Crippen LogP contribution in [0.5, 0.6) is 0 Å². The minimum atomic E-state index is -0.165. The van der Waals surface area contributed by atoms with Gasteiger partial charge in [0.2, 0.25) is 0 Å². The van der Waals surface area contributed by atoms with Gasteiger partial charge in [0.1, 0.15) is 6.26 Å². The van der Waals surface area contributed by atoms with E-state index >= 15 is 0 Å². The highest BCUT2D eigenvalue weighted by atomic mass is 16.3. The summed E-state index contributed by atoms with van der Waals surface area (Å²) in [7, 11) is 0. The standard InChI is InChI=1S/C21H23N3O2/c1-2-8-24-9-5-15(6-10-24)19-13-22-20-4-3-17(12-18(19)20)23-21(25)16-7-11-26-14-16/h3-5,7,11-14,22H,2,6,8-10H2,1H3,(H,23,25). The summed E-state index contributed by atoms with van der Waals surface area (Å²) in [5.74, 6) is -0.165. The third-order valence-corrected chi connectivity index (χ3v) is 4.90. The van der Waals surface area contributed by atoms with Crippen LogP contribution in [0.15, 0.2) is 53.5 Å². The van der Waals surface area contributed by atoms with Crippen molar-refractivity contribution in [2.45, 2.75) is 19.8 Å². The van der Waals surface area contributed by atoms with Crippen LogP contribution in [0.1, 0.15) is 35.7 Å². The average Bonchev–Trinajstić information content (AvgIpc) is 3.32. The number of nitrogens with zero attached hydrogens (tertiary/aromatic N) is 1. The first kappa shape index (κ1) is 16.7. The molecule has 2 aromatic heterocycles. The Morgan fingerprint density at radius 2 is 2.27 bits per heavy atom. The number of furan rings is 1. The quantitative estimate of drug-likeness (QED) is 0.712. The number of nitrogens with one attached hydrogen (secondary N) is 2.